The SMILES string of the molecule is Cc1c(Cl)cccc1-n1ncc2c1NC(=O)CC2c1cccc(F)c1F. The van der Waals surface area contributed by atoms with E-state index in [2.05, 4.69) is 10.4 Å². The quantitative estimate of drug-likeness (QED) is 0.714. The molecule has 0 saturated heterocycles. The Bertz CT molecular complexity index is 1030. The summed E-state index contributed by atoms with van der Waals surface area (Å²) in [6.45, 7) is 1.85. The molecule has 1 N–H and O–H groups in total. The van der Waals surface area contributed by atoms with Crippen molar-refractivity contribution in [2.75, 3.05) is 5.32 Å². The van der Waals surface area contributed by atoms with Gasteiger partial charge >= 0.3 is 0 Å². The van der Waals surface area contributed by atoms with Gasteiger partial charge in [-0.15, -0.1) is 0 Å². The van der Waals surface area contributed by atoms with Crippen LogP contribution in [0.4, 0.5) is 14.6 Å². The minimum atomic E-state index is -0.940. The predicted molar refractivity (Wildman–Crippen MR) is 94.8 cm³/mol. The molecule has 2 heterocycles. The summed E-state index contributed by atoms with van der Waals surface area (Å²) >= 11 is 6.19. The Kier molecular flexibility index (Phi) is 4.00. The van der Waals surface area contributed by atoms with Crippen molar-refractivity contribution in [3.8, 4) is 5.69 Å². The summed E-state index contributed by atoms with van der Waals surface area (Å²) in [4.78, 5) is 12.2. The van der Waals surface area contributed by atoms with Crippen molar-refractivity contribution in [2.45, 2.75) is 19.3 Å². The highest BCUT2D eigenvalue weighted by molar-refractivity contribution is 6.31. The number of carbonyl (C=O) groups is 1. The zero-order valence-corrected chi connectivity index (χ0v) is 14.5. The highest BCUT2D eigenvalue weighted by atomic mass is 35.5. The van der Waals surface area contributed by atoms with Crippen LogP contribution in [0.2, 0.25) is 5.02 Å². The maximum Gasteiger partial charge on any atom is 0.226 e. The molecule has 1 aliphatic heterocycles. The van der Waals surface area contributed by atoms with E-state index in [4.69, 9.17) is 11.6 Å². The lowest BCUT2D eigenvalue weighted by molar-refractivity contribution is -0.116. The molecule has 3 aromatic rings. The molecule has 1 atom stereocenters. The first-order valence-corrected chi connectivity index (χ1v) is 8.42. The van der Waals surface area contributed by atoms with Gasteiger partial charge in [-0.2, -0.15) is 5.10 Å². The van der Waals surface area contributed by atoms with Gasteiger partial charge in [-0.05, 0) is 36.2 Å². The Morgan fingerprint density at radius 2 is 1.96 bits per heavy atom. The van der Waals surface area contributed by atoms with Crippen molar-refractivity contribution in [1.29, 1.82) is 0 Å². The van der Waals surface area contributed by atoms with Crippen molar-refractivity contribution in [3.63, 3.8) is 0 Å². The molecule has 1 amide bonds. The molecule has 4 rings (SSSR count). The first-order chi connectivity index (χ1) is 12.5. The Labute approximate surface area is 153 Å². The molecule has 2 aromatic carbocycles. The van der Waals surface area contributed by atoms with Gasteiger partial charge in [-0.1, -0.05) is 29.8 Å². The minimum absolute atomic E-state index is 0.0214. The molecule has 132 valence electrons. The Hall–Kier alpha value is -2.73. The van der Waals surface area contributed by atoms with Crippen LogP contribution in [0, 0.1) is 18.6 Å². The zero-order chi connectivity index (χ0) is 18.4. The van der Waals surface area contributed by atoms with Crippen LogP contribution >= 0.6 is 11.6 Å². The average Bonchev–Trinajstić information content (AvgIpc) is 3.03. The molecule has 4 nitrogen and oxygen atoms in total. The molecule has 1 aromatic heterocycles. The van der Waals surface area contributed by atoms with E-state index in [0.717, 1.165) is 11.6 Å². The lowest BCUT2D eigenvalue weighted by Gasteiger charge is -2.24. The zero-order valence-electron chi connectivity index (χ0n) is 13.8. The number of amides is 1. The normalized spacial score (nSPS) is 16.3. The van der Waals surface area contributed by atoms with Crippen LogP contribution in [0.25, 0.3) is 5.69 Å². The van der Waals surface area contributed by atoms with Gasteiger partial charge < -0.3 is 5.32 Å². The van der Waals surface area contributed by atoms with Crippen LogP contribution in [0.3, 0.4) is 0 Å². The van der Waals surface area contributed by atoms with E-state index >= 15 is 0 Å². The van der Waals surface area contributed by atoms with Crippen LogP contribution in [0.5, 0.6) is 0 Å². The van der Waals surface area contributed by atoms with Gasteiger partial charge in [0, 0.05) is 22.9 Å². The lowest BCUT2D eigenvalue weighted by atomic mass is 9.87. The fourth-order valence-corrected chi connectivity index (χ4v) is 3.46. The van der Waals surface area contributed by atoms with Gasteiger partial charge in [-0.3, -0.25) is 4.79 Å². The molecule has 1 aliphatic rings. The first-order valence-electron chi connectivity index (χ1n) is 8.04. The standard InChI is InChI=1S/C19H14ClF2N3O/c1-10-14(20)5-3-7-16(10)25-19-13(9-23-25)12(8-17(26)24-19)11-4-2-6-15(21)18(11)22/h2-7,9,12H,8H2,1H3,(H,24,26). The lowest BCUT2D eigenvalue weighted by Crippen LogP contribution is -2.25. The van der Waals surface area contributed by atoms with E-state index in [1.165, 1.54) is 12.1 Å². The second-order valence-corrected chi connectivity index (χ2v) is 6.60. The Morgan fingerprint density at radius 3 is 2.77 bits per heavy atom. The predicted octanol–water partition coefficient (Wildman–Crippen LogP) is 4.59. The smallest absolute Gasteiger partial charge is 0.226 e. The Morgan fingerprint density at radius 1 is 1.19 bits per heavy atom. The minimum Gasteiger partial charge on any atom is -0.310 e. The van der Waals surface area contributed by atoms with Gasteiger partial charge in [0.25, 0.3) is 0 Å². The van der Waals surface area contributed by atoms with E-state index in [1.54, 1.807) is 23.0 Å². The van der Waals surface area contributed by atoms with E-state index < -0.39 is 17.6 Å². The molecular weight excluding hydrogens is 360 g/mol. The summed E-state index contributed by atoms with van der Waals surface area (Å²) in [5.41, 5.74) is 2.28. The second kappa shape index (κ2) is 6.21. The molecule has 0 bridgehead atoms. The van der Waals surface area contributed by atoms with Crippen LogP contribution < -0.4 is 5.32 Å². The molecule has 0 radical (unpaired) electrons. The van der Waals surface area contributed by atoms with Gasteiger partial charge in [0.15, 0.2) is 11.6 Å². The molecule has 0 aliphatic carbocycles. The molecule has 7 heteroatoms. The second-order valence-electron chi connectivity index (χ2n) is 6.19. The molecule has 1 unspecified atom stereocenters. The van der Waals surface area contributed by atoms with E-state index in [1.807, 2.05) is 13.0 Å². The van der Waals surface area contributed by atoms with E-state index in [0.29, 0.717) is 22.1 Å². The largest absolute Gasteiger partial charge is 0.310 e. The van der Waals surface area contributed by atoms with Gasteiger partial charge in [0.05, 0.1) is 11.9 Å². The van der Waals surface area contributed by atoms with Crippen LogP contribution in [0.15, 0.2) is 42.6 Å². The highest BCUT2D eigenvalue weighted by Crippen LogP contribution is 2.39. The summed E-state index contributed by atoms with van der Waals surface area (Å²) in [6, 6.07) is 9.36. The number of hydrogen-bond acceptors (Lipinski definition) is 2. The number of nitrogens with one attached hydrogen (secondary N) is 1. The maximum atomic E-state index is 14.3. The van der Waals surface area contributed by atoms with E-state index in [-0.39, 0.29) is 17.9 Å². The maximum absolute atomic E-state index is 14.3. The third-order valence-corrected chi connectivity index (χ3v) is 5.05. The summed E-state index contributed by atoms with van der Waals surface area (Å²) in [5.74, 6) is -2.33. The number of halogens is 3. The van der Waals surface area contributed by atoms with Gasteiger partial charge in [-0.25, -0.2) is 13.5 Å². The number of rotatable bonds is 2. The summed E-state index contributed by atoms with van der Waals surface area (Å²) in [7, 11) is 0. The molecule has 0 fully saturated rings. The fourth-order valence-electron chi connectivity index (χ4n) is 3.29. The topological polar surface area (TPSA) is 46.9 Å². The van der Waals surface area contributed by atoms with Crippen molar-refractivity contribution < 1.29 is 13.6 Å². The number of nitrogens with zero attached hydrogens (tertiary/aromatic N) is 2. The van der Waals surface area contributed by atoms with Crippen molar-refractivity contribution >= 4 is 23.3 Å². The molecule has 0 saturated carbocycles. The van der Waals surface area contributed by atoms with Crippen LogP contribution in [0.1, 0.15) is 29.0 Å². The van der Waals surface area contributed by atoms with Crippen LogP contribution in [-0.2, 0) is 4.79 Å². The summed E-state index contributed by atoms with van der Waals surface area (Å²) in [6.07, 6.45) is 1.59. The van der Waals surface area contributed by atoms with Gasteiger partial charge in [0.2, 0.25) is 5.91 Å². The molecular formula is C19H14ClF2N3O. The number of carbonyl (C=O) groups excluding carboxylic acids is 1. The monoisotopic (exact) mass is 373 g/mol. The number of anilines is 1. The number of aromatic nitrogens is 2. The van der Waals surface area contributed by atoms with Crippen molar-refractivity contribution in [1.82, 2.24) is 9.78 Å². The third kappa shape index (κ3) is 2.57. The summed E-state index contributed by atoms with van der Waals surface area (Å²) in [5, 5.41) is 7.72. The first kappa shape index (κ1) is 16.7. The molecule has 26 heavy (non-hydrogen) atoms. The number of fused-ring (bicyclic) bond motifs is 1. The van der Waals surface area contributed by atoms with Crippen molar-refractivity contribution in [3.05, 3.63) is 75.9 Å². The molecule has 0 spiro atoms. The third-order valence-electron chi connectivity index (χ3n) is 4.64. The van der Waals surface area contributed by atoms with E-state index in [9.17, 15) is 13.6 Å². The van der Waals surface area contributed by atoms with Crippen LogP contribution in [-0.4, -0.2) is 15.7 Å². The highest BCUT2D eigenvalue weighted by Gasteiger charge is 2.32. The number of hydrogen-bond donors (Lipinski definition) is 1. The van der Waals surface area contributed by atoms with Gasteiger partial charge in [0.1, 0.15) is 5.82 Å². The fraction of sp³-hybridized carbons (Fsp3) is 0.158. The Balaban J connectivity index is 1.88. The summed E-state index contributed by atoms with van der Waals surface area (Å²) < 4.78 is 29.5. The number of benzene rings is 2. The van der Waals surface area contributed by atoms with Crippen molar-refractivity contribution in [2.24, 2.45) is 0 Å². The average molecular weight is 374 g/mol.